The van der Waals surface area contributed by atoms with E-state index in [0.717, 1.165) is 16.5 Å². The highest BCUT2D eigenvalue weighted by Gasteiger charge is 2.15. The fourth-order valence-corrected chi connectivity index (χ4v) is 3.00. The Labute approximate surface area is 142 Å². The minimum atomic E-state index is 0.0440. The van der Waals surface area contributed by atoms with Crippen molar-refractivity contribution in [1.82, 2.24) is 15.2 Å². The SMILES string of the molecule is CN(C)[C@H](CNC(=O)Cc1c[nH]c2ccccc12)c1ccccc1. The van der Waals surface area contributed by atoms with Gasteiger partial charge in [0.2, 0.25) is 5.91 Å². The van der Waals surface area contributed by atoms with Crippen LogP contribution in [-0.4, -0.2) is 36.4 Å². The van der Waals surface area contributed by atoms with Crippen molar-refractivity contribution in [3.63, 3.8) is 0 Å². The van der Waals surface area contributed by atoms with E-state index in [1.54, 1.807) is 0 Å². The van der Waals surface area contributed by atoms with Crippen LogP contribution in [0.3, 0.4) is 0 Å². The first-order valence-electron chi connectivity index (χ1n) is 8.18. The Balaban J connectivity index is 1.64. The van der Waals surface area contributed by atoms with Crippen LogP contribution in [0.2, 0.25) is 0 Å². The molecule has 0 saturated heterocycles. The third-order valence-electron chi connectivity index (χ3n) is 4.33. The Morgan fingerprint density at radius 1 is 1.08 bits per heavy atom. The number of hydrogen-bond donors (Lipinski definition) is 2. The van der Waals surface area contributed by atoms with Gasteiger partial charge in [-0.05, 0) is 31.3 Å². The van der Waals surface area contributed by atoms with E-state index in [9.17, 15) is 4.79 Å². The summed E-state index contributed by atoms with van der Waals surface area (Å²) in [4.78, 5) is 17.7. The highest BCUT2D eigenvalue weighted by atomic mass is 16.1. The first-order valence-corrected chi connectivity index (χ1v) is 8.18. The summed E-state index contributed by atoms with van der Waals surface area (Å²) in [5.74, 6) is 0.0440. The number of likely N-dealkylation sites (N-methyl/N-ethyl adjacent to an activating group) is 1. The Kier molecular flexibility index (Phi) is 4.96. The topological polar surface area (TPSA) is 48.1 Å². The van der Waals surface area contributed by atoms with Crippen LogP contribution < -0.4 is 5.32 Å². The van der Waals surface area contributed by atoms with Crippen molar-refractivity contribution in [3.05, 3.63) is 71.9 Å². The van der Waals surface area contributed by atoms with Gasteiger partial charge in [-0.2, -0.15) is 0 Å². The molecule has 0 saturated carbocycles. The molecule has 4 heteroatoms. The van der Waals surface area contributed by atoms with Gasteiger partial charge in [-0.3, -0.25) is 4.79 Å². The number of fused-ring (bicyclic) bond motifs is 1. The number of para-hydroxylation sites is 1. The molecule has 2 N–H and O–H groups in total. The van der Waals surface area contributed by atoms with Crippen molar-refractivity contribution in [3.8, 4) is 0 Å². The molecule has 1 atom stereocenters. The number of aromatic nitrogens is 1. The average molecular weight is 321 g/mol. The molecule has 0 spiro atoms. The van der Waals surface area contributed by atoms with E-state index in [-0.39, 0.29) is 11.9 Å². The van der Waals surface area contributed by atoms with Crippen LogP contribution in [-0.2, 0) is 11.2 Å². The first-order chi connectivity index (χ1) is 11.6. The summed E-state index contributed by atoms with van der Waals surface area (Å²) >= 11 is 0. The average Bonchev–Trinajstić information content (AvgIpc) is 2.99. The van der Waals surface area contributed by atoms with Crippen molar-refractivity contribution in [2.45, 2.75) is 12.5 Å². The Bertz CT molecular complexity index is 808. The van der Waals surface area contributed by atoms with Crippen LogP contribution in [0.15, 0.2) is 60.8 Å². The molecule has 3 rings (SSSR count). The predicted molar refractivity (Wildman–Crippen MR) is 97.9 cm³/mol. The van der Waals surface area contributed by atoms with Gasteiger partial charge in [0, 0.05) is 23.6 Å². The summed E-state index contributed by atoms with van der Waals surface area (Å²) in [5, 5.41) is 4.18. The second-order valence-corrected chi connectivity index (χ2v) is 6.23. The summed E-state index contributed by atoms with van der Waals surface area (Å²) in [7, 11) is 4.06. The maximum atomic E-state index is 12.4. The largest absolute Gasteiger partial charge is 0.361 e. The predicted octanol–water partition coefficient (Wildman–Crippen LogP) is 3.13. The number of hydrogen-bond acceptors (Lipinski definition) is 2. The van der Waals surface area contributed by atoms with Gasteiger partial charge in [-0.15, -0.1) is 0 Å². The number of H-pyrrole nitrogens is 1. The first kappa shape index (κ1) is 16.3. The molecule has 2 aromatic carbocycles. The number of benzene rings is 2. The van der Waals surface area contributed by atoms with Crippen molar-refractivity contribution in [1.29, 1.82) is 0 Å². The standard InChI is InChI=1S/C20H23N3O/c1-23(2)19(15-8-4-3-5-9-15)14-22-20(24)12-16-13-21-18-11-7-6-10-17(16)18/h3-11,13,19,21H,12,14H2,1-2H3,(H,22,24)/t19-/m1/s1. The molecule has 1 aromatic heterocycles. The summed E-state index contributed by atoms with van der Waals surface area (Å²) < 4.78 is 0. The molecule has 0 aliphatic heterocycles. The van der Waals surface area contributed by atoms with Gasteiger partial charge in [-0.1, -0.05) is 48.5 Å². The van der Waals surface area contributed by atoms with Gasteiger partial charge < -0.3 is 15.2 Å². The van der Waals surface area contributed by atoms with Gasteiger partial charge in [0.15, 0.2) is 0 Å². The van der Waals surface area contributed by atoms with Gasteiger partial charge in [0.05, 0.1) is 12.5 Å². The zero-order chi connectivity index (χ0) is 16.9. The minimum Gasteiger partial charge on any atom is -0.361 e. The molecule has 0 aliphatic rings. The summed E-state index contributed by atoms with van der Waals surface area (Å²) in [6.07, 6.45) is 2.31. The van der Waals surface area contributed by atoms with E-state index in [2.05, 4.69) is 27.3 Å². The fourth-order valence-electron chi connectivity index (χ4n) is 3.00. The lowest BCUT2D eigenvalue weighted by Gasteiger charge is -2.25. The van der Waals surface area contributed by atoms with E-state index < -0.39 is 0 Å². The van der Waals surface area contributed by atoms with Crippen molar-refractivity contribution >= 4 is 16.8 Å². The highest BCUT2D eigenvalue weighted by Crippen LogP contribution is 2.19. The lowest BCUT2D eigenvalue weighted by Crippen LogP contribution is -2.35. The highest BCUT2D eigenvalue weighted by molar-refractivity contribution is 5.88. The van der Waals surface area contributed by atoms with Crippen LogP contribution in [0.25, 0.3) is 10.9 Å². The van der Waals surface area contributed by atoms with Gasteiger partial charge in [0.25, 0.3) is 0 Å². The maximum Gasteiger partial charge on any atom is 0.224 e. The molecule has 3 aromatic rings. The number of amides is 1. The molecule has 124 valence electrons. The van der Waals surface area contributed by atoms with E-state index in [1.807, 2.05) is 62.8 Å². The Hall–Kier alpha value is -2.59. The molecular formula is C20H23N3O. The number of carbonyl (C=O) groups is 1. The summed E-state index contributed by atoms with van der Waals surface area (Å²) in [6.45, 7) is 0.595. The molecule has 1 amide bonds. The Morgan fingerprint density at radius 2 is 1.79 bits per heavy atom. The Morgan fingerprint density at radius 3 is 2.54 bits per heavy atom. The van der Waals surface area contributed by atoms with Crippen molar-refractivity contribution < 1.29 is 4.79 Å². The quantitative estimate of drug-likeness (QED) is 0.733. The van der Waals surface area contributed by atoms with Crippen LogP contribution >= 0.6 is 0 Å². The second-order valence-electron chi connectivity index (χ2n) is 6.23. The molecule has 0 unspecified atom stereocenters. The molecule has 0 fully saturated rings. The van der Waals surface area contributed by atoms with Crippen LogP contribution in [0, 0.1) is 0 Å². The summed E-state index contributed by atoms with van der Waals surface area (Å²) in [5.41, 5.74) is 3.30. The third kappa shape index (κ3) is 3.66. The van der Waals surface area contributed by atoms with E-state index in [4.69, 9.17) is 0 Å². The number of nitrogens with one attached hydrogen (secondary N) is 2. The number of nitrogens with zero attached hydrogens (tertiary/aromatic N) is 1. The van der Waals surface area contributed by atoms with Gasteiger partial charge in [-0.25, -0.2) is 0 Å². The minimum absolute atomic E-state index is 0.0440. The lowest BCUT2D eigenvalue weighted by atomic mass is 10.1. The molecule has 4 nitrogen and oxygen atoms in total. The zero-order valence-corrected chi connectivity index (χ0v) is 14.1. The maximum absolute atomic E-state index is 12.4. The number of carbonyl (C=O) groups excluding carboxylic acids is 1. The summed E-state index contributed by atoms with van der Waals surface area (Å²) in [6, 6.07) is 18.5. The van der Waals surface area contributed by atoms with Crippen LogP contribution in [0.5, 0.6) is 0 Å². The van der Waals surface area contributed by atoms with Gasteiger partial charge >= 0.3 is 0 Å². The van der Waals surface area contributed by atoms with Crippen molar-refractivity contribution in [2.24, 2.45) is 0 Å². The molecule has 1 heterocycles. The van der Waals surface area contributed by atoms with Crippen LogP contribution in [0.4, 0.5) is 0 Å². The fraction of sp³-hybridized carbons (Fsp3) is 0.250. The second kappa shape index (κ2) is 7.32. The molecular weight excluding hydrogens is 298 g/mol. The van der Waals surface area contributed by atoms with E-state index in [0.29, 0.717) is 13.0 Å². The molecule has 0 aliphatic carbocycles. The molecule has 0 bridgehead atoms. The number of aromatic amines is 1. The van der Waals surface area contributed by atoms with E-state index in [1.165, 1.54) is 5.56 Å². The molecule has 24 heavy (non-hydrogen) atoms. The normalized spacial score (nSPS) is 12.5. The third-order valence-corrected chi connectivity index (χ3v) is 4.33. The smallest absolute Gasteiger partial charge is 0.224 e. The monoisotopic (exact) mass is 321 g/mol. The number of rotatable bonds is 6. The van der Waals surface area contributed by atoms with Crippen molar-refractivity contribution in [2.75, 3.05) is 20.6 Å². The lowest BCUT2D eigenvalue weighted by molar-refractivity contribution is -0.120. The van der Waals surface area contributed by atoms with Crippen LogP contribution in [0.1, 0.15) is 17.2 Å². The zero-order valence-electron chi connectivity index (χ0n) is 14.1. The molecule has 0 radical (unpaired) electrons. The van der Waals surface area contributed by atoms with Gasteiger partial charge in [0.1, 0.15) is 0 Å². The van der Waals surface area contributed by atoms with E-state index >= 15 is 0 Å².